The lowest BCUT2D eigenvalue weighted by atomic mass is 10.2. The number of hydrogen-bond acceptors (Lipinski definition) is 4. The summed E-state index contributed by atoms with van der Waals surface area (Å²) in [6, 6.07) is 5.96. The minimum absolute atomic E-state index is 0.0134. The second-order valence-corrected chi connectivity index (χ2v) is 5.05. The van der Waals surface area contributed by atoms with Gasteiger partial charge in [0.1, 0.15) is 10.1 Å². The Morgan fingerprint density at radius 3 is 2.82 bits per heavy atom. The summed E-state index contributed by atoms with van der Waals surface area (Å²) in [7, 11) is 1.93. The van der Waals surface area contributed by atoms with Crippen LogP contribution in [0.3, 0.4) is 0 Å². The van der Waals surface area contributed by atoms with Crippen molar-refractivity contribution in [1.82, 2.24) is 14.8 Å². The quantitative estimate of drug-likeness (QED) is 0.905. The standard InChI is InChI=1S/C12H16N4S/c1-8-7-11(16(3)15-8)17-12-10(9(2)13)5-4-6-14-12/h4-7,9H,13H2,1-3H3/t9-/m0/s1. The molecule has 5 heteroatoms. The number of aryl methyl sites for hydroxylation is 2. The fraction of sp³-hybridized carbons (Fsp3) is 0.333. The van der Waals surface area contributed by atoms with Crippen LogP contribution in [0.4, 0.5) is 0 Å². The van der Waals surface area contributed by atoms with Crippen molar-refractivity contribution in [1.29, 1.82) is 0 Å². The van der Waals surface area contributed by atoms with Crippen molar-refractivity contribution in [2.75, 3.05) is 0 Å². The number of nitrogens with zero attached hydrogens (tertiary/aromatic N) is 3. The SMILES string of the molecule is Cc1cc(Sc2ncccc2[C@H](C)N)n(C)n1. The van der Waals surface area contributed by atoms with Gasteiger partial charge in [-0.2, -0.15) is 5.10 Å². The molecule has 90 valence electrons. The lowest BCUT2D eigenvalue weighted by Crippen LogP contribution is -2.07. The summed E-state index contributed by atoms with van der Waals surface area (Å²) < 4.78 is 1.86. The molecule has 0 radical (unpaired) electrons. The fourth-order valence-electron chi connectivity index (χ4n) is 1.62. The minimum Gasteiger partial charge on any atom is -0.324 e. The van der Waals surface area contributed by atoms with E-state index in [2.05, 4.69) is 10.1 Å². The maximum atomic E-state index is 5.94. The molecule has 2 aromatic heterocycles. The van der Waals surface area contributed by atoms with E-state index in [9.17, 15) is 0 Å². The van der Waals surface area contributed by atoms with Gasteiger partial charge in [0, 0.05) is 24.8 Å². The fourth-order valence-corrected chi connectivity index (χ4v) is 2.70. The predicted molar refractivity (Wildman–Crippen MR) is 68.9 cm³/mol. The Morgan fingerprint density at radius 2 is 2.24 bits per heavy atom. The van der Waals surface area contributed by atoms with Crippen LogP contribution >= 0.6 is 11.8 Å². The van der Waals surface area contributed by atoms with Crippen LogP contribution in [0.15, 0.2) is 34.4 Å². The van der Waals surface area contributed by atoms with Crippen molar-refractivity contribution in [3.05, 3.63) is 35.7 Å². The van der Waals surface area contributed by atoms with Crippen LogP contribution in [-0.4, -0.2) is 14.8 Å². The Hall–Kier alpha value is -1.33. The first-order chi connectivity index (χ1) is 8.08. The molecule has 17 heavy (non-hydrogen) atoms. The Kier molecular flexibility index (Phi) is 3.49. The van der Waals surface area contributed by atoms with E-state index in [1.54, 1.807) is 18.0 Å². The molecule has 0 saturated heterocycles. The van der Waals surface area contributed by atoms with Crippen molar-refractivity contribution in [2.45, 2.75) is 29.9 Å². The lowest BCUT2D eigenvalue weighted by molar-refractivity contribution is 0.691. The lowest BCUT2D eigenvalue weighted by Gasteiger charge is -2.10. The van der Waals surface area contributed by atoms with E-state index < -0.39 is 0 Å². The zero-order valence-corrected chi connectivity index (χ0v) is 11.0. The van der Waals surface area contributed by atoms with Crippen molar-refractivity contribution in [3.8, 4) is 0 Å². The Labute approximate surface area is 105 Å². The first kappa shape index (κ1) is 12.1. The molecule has 0 spiro atoms. The van der Waals surface area contributed by atoms with Gasteiger partial charge in [-0.3, -0.25) is 4.68 Å². The van der Waals surface area contributed by atoms with Crippen molar-refractivity contribution in [2.24, 2.45) is 12.8 Å². The smallest absolute Gasteiger partial charge is 0.107 e. The summed E-state index contributed by atoms with van der Waals surface area (Å²) in [6.45, 7) is 3.95. The normalized spacial score (nSPS) is 12.7. The van der Waals surface area contributed by atoms with Gasteiger partial charge in [-0.15, -0.1) is 0 Å². The van der Waals surface area contributed by atoms with Crippen molar-refractivity contribution in [3.63, 3.8) is 0 Å². The molecule has 2 heterocycles. The van der Waals surface area contributed by atoms with Gasteiger partial charge >= 0.3 is 0 Å². The van der Waals surface area contributed by atoms with Gasteiger partial charge in [0.25, 0.3) is 0 Å². The van der Waals surface area contributed by atoms with Crippen molar-refractivity contribution < 1.29 is 0 Å². The number of rotatable bonds is 3. The molecular formula is C12H16N4S. The predicted octanol–water partition coefficient (Wildman–Crippen LogP) is 2.29. The molecule has 2 aromatic rings. The molecule has 0 amide bonds. The van der Waals surface area contributed by atoms with Gasteiger partial charge in [0.2, 0.25) is 0 Å². The summed E-state index contributed by atoms with van der Waals surface area (Å²) in [5.41, 5.74) is 8.01. The monoisotopic (exact) mass is 248 g/mol. The first-order valence-corrected chi connectivity index (χ1v) is 6.28. The van der Waals surface area contributed by atoms with Gasteiger partial charge in [-0.05, 0) is 26.0 Å². The van der Waals surface area contributed by atoms with Gasteiger partial charge in [0.05, 0.1) is 5.69 Å². The third-order valence-electron chi connectivity index (χ3n) is 2.45. The van der Waals surface area contributed by atoms with E-state index in [-0.39, 0.29) is 6.04 Å². The summed E-state index contributed by atoms with van der Waals surface area (Å²) >= 11 is 1.60. The zero-order chi connectivity index (χ0) is 12.4. The Bertz CT molecular complexity index is 519. The minimum atomic E-state index is -0.0134. The van der Waals surface area contributed by atoms with Crippen LogP contribution in [0.1, 0.15) is 24.2 Å². The van der Waals surface area contributed by atoms with Crippen LogP contribution in [0, 0.1) is 6.92 Å². The van der Waals surface area contributed by atoms with E-state index in [4.69, 9.17) is 5.73 Å². The van der Waals surface area contributed by atoms with E-state index >= 15 is 0 Å². The maximum Gasteiger partial charge on any atom is 0.107 e. The Morgan fingerprint density at radius 1 is 1.47 bits per heavy atom. The molecule has 2 rings (SSSR count). The molecule has 0 saturated carbocycles. The summed E-state index contributed by atoms with van der Waals surface area (Å²) in [5.74, 6) is 0. The average Bonchev–Trinajstić information content (AvgIpc) is 2.58. The Balaban J connectivity index is 2.33. The maximum absolute atomic E-state index is 5.94. The van der Waals surface area contributed by atoms with E-state index in [1.807, 2.05) is 43.8 Å². The van der Waals surface area contributed by atoms with Gasteiger partial charge in [0.15, 0.2) is 0 Å². The molecule has 0 aromatic carbocycles. The zero-order valence-electron chi connectivity index (χ0n) is 10.2. The molecule has 0 bridgehead atoms. The van der Waals surface area contributed by atoms with Crippen LogP contribution < -0.4 is 5.73 Å². The van der Waals surface area contributed by atoms with Crippen LogP contribution in [0.25, 0.3) is 0 Å². The van der Waals surface area contributed by atoms with Crippen molar-refractivity contribution >= 4 is 11.8 Å². The van der Waals surface area contributed by atoms with Gasteiger partial charge < -0.3 is 5.73 Å². The topological polar surface area (TPSA) is 56.7 Å². The molecule has 1 atom stereocenters. The number of hydrogen-bond donors (Lipinski definition) is 1. The number of nitrogens with two attached hydrogens (primary N) is 1. The summed E-state index contributed by atoms with van der Waals surface area (Å²) in [4.78, 5) is 4.39. The largest absolute Gasteiger partial charge is 0.324 e. The molecule has 0 aliphatic rings. The molecule has 0 unspecified atom stereocenters. The average molecular weight is 248 g/mol. The molecule has 0 fully saturated rings. The molecule has 0 aliphatic carbocycles. The van der Waals surface area contributed by atoms with E-state index in [0.717, 1.165) is 21.3 Å². The van der Waals surface area contributed by atoms with Crippen LogP contribution in [0.2, 0.25) is 0 Å². The van der Waals surface area contributed by atoms with E-state index in [1.165, 1.54) is 0 Å². The second kappa shape index (κ2) is 4.89. The second-order valence-electron chi connectivity index (χ2n) is 4.04. The number of pyridine rings is 1. The first-order valence-electron chi connectivity index (χ1n) is 5.47. The third kappa shape index (κ3) is 2.68. The molecular weight excluding hydrogens is 232 g/mol. The molecule has 4 nitrogen and oxygen atoms in total. The highest BCUT2D eigenvalue weighted by Gasteiger charge is 2.11. The molecule has 0 aliphatic heterocycles. The third-order valence-corrected chi connectivity index (χ3v) is 3.58. The summed E-state index contributed by atoms with van der Waals surface area (Å²) in [6.07, 6.45) is 1.79. The van der Waals surface area contributed by atoms with Crippen LogP contribution in [0.5, 0.6) is 0 Å². The molecule has 2 N–H and O–H groups in total. The summed E-state index contributed by atoms with van der Waals surface area (Å²) in [5, 5.41) is 6.34. The van der Waals surface area contributed by atoms with Crippen LogP contribution in [-0.2, 0) is 7.05 Å². The van der Waals surface area contributed by atoms with Gasteiger partial charge in [-0.25, -0.2) is 4.98 Å². The number of aromatic nitrogens is 3. The highest BCUT2D eigenvalue weighted by atomic mass is 32.2. The van der Waals surface area contributed by atoms with Gasteiger partial charge in [-0.1, -0.05) is 17.8 Å². The highest BCUT2D eigenvalue weighted by Crippen LogP contribution is 2.30. The highest BCUT2D eigenvalue weighted by molar-refractivity contribution is 7.99. The van der Waals surface area contributed by atoms with E-state index in [0.29, 0.717) is 0 Å².